The predicted octanol–water partition coefficient (Wildman–Crippen LogP) is 4.97. The van der Waals surface area contributed by atoms with Crippen molar-refractivity contribution in [1.29, 1.82) is 0 Å². The summed E-state index contributed by atoms with van der Waals surface area (Å²) in [5.74, 6) is 0.277. The van der Waals surface area contributed by atoms with E-state index in [-0.39, 0.29) is 11.8 Å². The molecule has 0 radical (unpaired) electrons. The minimum atomic E-state index is -0.148. The number of fused-ring (bicyclic) bond motifs is 1. The maximum Gasteiger partial charge on any atom is 0.251 e. The lowest BCUT2D eigenvalue weighted by atomic mass is 10.1. The third-order valence-electron chi connectivity index (χ3n) is 4.42. The Kier molecular flexibility index (Phi) is 5.71. The quantitative estimate of drug-likeness (QED) is 0.624. The van der Waals surface area contributed by atoms with E-state index in [1.807, 2.05) is 53.9 Å². The summed E-state index contributed by atoms with van der Waals surface area (Å²) >= 11 is 9.07. The number of thiophene rings is 1. The Balaban J connectivity index is 1.56. The smallest absolute Gasteiger partial charge is 0.251 e. The topological polar surface area (TPSA) is 49.4 Å². The van der Waals surface area contributed by atoms with Crippen LogP contribution in [-0.2, 0) is 17.9 Å². The second kappa shape index (κ2) is 8.39. The van der Waals surface area contributed by atoms with Gasteiger partial charge in [-0.25, -0.2) is 0 Å². The fourth-order valence-corrected chi connectivity index (χ4v) is 4.66. The molecule has 1 aromatic heterocycles. The highest BCUT2D eigenvalue weighted by Gasteiger charge is 2.26. The summed E-state index contributed by atoms with van der Waals surface area (Å²) in [7, 11) is 0. The van der Waals surface area contributed by atoms with Gasteiger partial charge in [0, 0.05) is 20.4 Å². The van der Waals surface area contributed by atoms with E-state index in [1.54, 1.807) is 22.3 Å². The van der Waals surface area contributed by atoms with E-state index in [0.29, 0.717) is 29.4 Å². The number of benzene rings is 2. The van der Waals surface area contributed by atoms with Crippen LogP contribution >= 0.6 is 34.7 Å². The zero-order valence-electron chi connectivity index (χ0n) is 14.9. The fraction of sp³-hybridized carbons (Fsp3) is 0.143. The van der Waals surface area contributed by atoms with Gasteiger partial charge in [0.05, 0.1) is 24.5 Å². The molecule has 0 saturated heterocycles. The first-order valence-corrected chi connectivity index (χ1v) is 11.0. The van der Waals surface area contributed by atoms with Crippen LogP contribution in [0, 0.1) is 0 Å². The number of nitrogens with zero attached hydrogens (tertiary/aromatic N) is 1. The van der Waals surface area contributed by atoms with Gasteiger partial charge in [0.2, 0.25) is 5.91 Å². The second-order valence-electron chi connectivity index (χ2n) is 6.34. The van der Waals surface area contributed by atoms with Crippen LogP contribution < -0.4 is 10.2 Å². The van der Waals surface area contributed by atoms with Gasteiger partial charge in [0.15, 0.2) is 0 Å². The average Bonchev–Trinajstić information content (AvgIpc) is 3.23. The Morgan fingerprint density at radius 2 is 1.96 bits per heavy atom. The summed E-state index contributed by atoms with van der Waals surface area (Å²) < 4.78 is 0. The molecule has 1 aliphatic heterocycles. The van der Waals surface area contributed by atoms with Crippen molar-refractivity contribution < 1.29 is 9.59 Å². The first-order valence-electron chi connectivity index (χ1n) is 8.72. The van der Waals surface area contributed by atoms with Crippen LogP contribution in [0.25, 0.3) is 0 Å². The Morgan fingerprint density at radius 1 is 1.14 bits per heavy atom. The van der Waals surface area contributed by atoms with Crippen molar-refractivity contribution in [3.8, 4) is 0 Å². The van der Waals surface area contributed by atoms with Gasteiger partial charge in [-0.1, -0.05) is 29.8 Å². The Morgan fingerprint density at radius 3 is 2.71 bits per heavy atom. The maximum atomic E-state index is 12.6. The predicted molar refractivity (Wildman–Crippen MR) is 115 cm³/mol. The van der Waals surface area contributed by atoms with Gasteiger partial charge < -0.3 is 10.2 Å². The van der Waals surface area contributed by atoms with Crippen LogP contribution in [0.4, 0.5) is 5.69 Å². The van der Waals surface area contributed by atoms with Gasteiger partial charge in [-0.05, 0) is 47.3 Å². The number of amides is 2. The molecule has 2 aromatic carbocycles. The molecule has 1 aliphatic rings. The molecule has 0 spiro atoms. The molecule has 2 amide bonds. The standard InChI is InChI=1S/C21H17ClN2O2S2/c22-16-6-3-14(4-7-16)12-24-18-10-15(5-8-19(18)28-13-20(24)25)21(26)23-11-17-2-1-9-27-17/h1-10H,11-13H2,(H,23,26). The summed E-state index contributed by atoms with van der Waals surface area (Å²) in [6, 6.07) is 16.9. The monoisotopic (exact) mass is 428 g/mol. The fourth-order valence-electron chi connectivity index (χ4n) is 2.97. The van der Waals surface area contributed by atoms with Crippen molar-refractivity contribution in [1.82, 2.24) is 5.32 Å². The first-order chi connectivity index (χ1) is 13.6. The molecule has 0 saturated carbocycles. The van der Waals surface area contributed by atoms with E-state index < -0.39 is 0 Å². The van der Waals surface area contributed by atoms with Crippen LogP contribution in [0.15, 0.2) is 64.9 Å². The second-order valence-corrected chi connectivity index (χ2v) is 8.83. The molecule has 0 aliphatic carbocycles. The van der Waals surface area contributed by atoms with Gasteiger partial charge in [-0.2, -0.15) is 0 Å². The summed E-state index contributed by atoms with van der Waals surface area (Å²) in [6.45, 7) is 0.944. The maximum absolute atomic E-state index is 12.6. The third kappa shape index (κ3) is 4.24. The van der Waals surface area contributed by atoms with Gasteiger partial charge in [0.1, 0.15) is 0 Å². The molecule has 0 unspecified atom stereocenters. The van der Waals surface area contributed by atoms with Gasteiger partial charge in [-0.15, -0.1) is 23.1 Å². The van der Waals surface area contributed by atoms with Crippen LogP contribution in [-0.4, -0.2) is 17.6 Å². The zero-order valence-corrected chi connectivity index (χ0v) is 17.2. The van der Waals surface area contributed by atoms with E-state index >= 15 is 0 Å². The highest BCUT2D eigenvalue weighted by atomic mass is 35.5. The lowest BCUT2D eigenvalue weighted by Gasteiger charge is -2.29. The molecule has 3 aromatic rings. The van der Waals surface area contributed by atoms with Crippen LogP contribution in [0.1, 0.15) is 20.8 Å². The third-order valence-corrected chi connectivity index (χ3v) is 6.60. The van der Waals surface area contributed by atoms with Crippen molar-refractivity contribution in [2.45, 2.75) is 18.0 Å². The molecule has 4 rings (SSSR count). The van der Waals surface area contributed by atoms with E-state index in [1.165, 1.54) is 11.8 Å². The molecule has 0 atom stereocenters. The van der Waals surface area contributed by atoms with E-state index in [4.69, 9.17) is 11.6 Å². The van der Waals surface area contributed by atoms with Crippen molar-refractivity contribution in [2.75, 3.05) is 10.7 Å². The number of rotatable bonds is 5. The number of thioether (sulfide) groups is 1. The van der Waals surface area contributed by atoms with Gasteiger partial charge in [-0.3, -0.25) is 9.59 Å². The molecule has 4 nitrogen and oxygen atoms in total. The first kappa shape index (κ1) is 19.1. The molecule has 2 heterocycles. The van der Waals surface area contributed by atoms with Crippen molar-refractivity contribution in [3.63, 3.8) is 0 Å². The SMILES string of the molecule is O=C(NCc1cccs1)c1ccc2c(c1)N(Cc1ccc(Cl)cc1)C(=O)CS2. The normalized spacial score (nSPS) is 13.3. The van der Waals surface area contributed by atoms with Crippen molar-refractivity contribution in [3.05, 3.63) is 81.0 Å². The number of halogens is 1. The molecule has 7 heteroatoms. The van der Waals surface area contributed by atoms with Crippen molar-refractivity contribution >= 4 is 52.2 Å². The largest absolute Gasteiger partial charge is 0.347 e. The van der Waals surface area contributed by atoms with Gasteiger partial charge >= 0.3 is 0 Å². The number of hydrogen-bond acceptors (Lipinski definition) is 4. The lowest BCUT2D eigenvalue weighted by Crippen LogP contribution is -2.35. The number of carbonyl (C=O) groups is 2. The minimum Gasteiger partial charge on any atom is -0.347 e. The molecule has 0 fully saturated rings. The summed E-state index contributed by atoms with van der Waals surface area (Å²) in [5.41, 5.74) is 2.31. The molecular weight excluding hydrogens is 412 g/mol. The number of carbonyl (C=O) groups excluding carboxylic acids is 2. The van der Waals surface area contributed by atoms with E-state index in [0.717, 1.165) is 21.0 Å². The van der Waals surface area contributed by atoms with E-state index in [9.17, 15) is 9.59 Å². The average molecular weight is 429 g/mol. The van der Waals surface area contributed by atoms with Crippen molar-refractivity contribution in [2.24, 2.45) is 0 Å². The minimum absolute atomic E-state index is 0.0311. The number of nitrogens with one attached hydrogen (secondary N) is 1. The van der Waals surface area contributed by atoms with Crippen LogP contribution in [0.5, 0.6) is 0 Å². The molecule has 1 N–H and O–H groups in total. The highest BCUT2D eigenvalue weighted by Crippen LogP contribution is 2.37. The zero-order chi connectivity index (χ0) is 19.5. The molecule has 142 valence electrons. The summed E-state index contributed by atoms with van der Waals surface area (Å²) in [6.07, 6.45) is 0. The van der Waals surface area contributed by atoms with Gasteiger partial charge in [0.25, 0.3) is 5.91 Å². The summed E-state index contributed by atoms with van der Waals surface area (Å²) in [4.78, 5) is 29.0. The van der Waals surface area contributed by atoms with E-state index in [2.05, 4.69) is 5.32 Å². The molecule has 28 heavy (non-hydrogen) atoms. The van der Waals surface area contributed by atoms with Crippen LogP contribution in [0.3, 0.4) is 0 Å². The lowest BCUT2D eigenvalue weighted by molar-refractivity contribution is -0.116. The Labute approximate surface area is 176 Å². The summed E-state index contributed by atoms with van der Waals surface area (Å²) in [5, 5.41) is 5.58. The molecule has 0 bridgehead atoms. The highest BCUT2D eigenvalue weighted by molar-refractivity contribution is 8.00. The Hall–Kier alpha value is -2.28. The van der Waals surface area contributed by atoms with Crippen LogP contribution in [0.2, 0.25) is 5.02 Å². The Bertz CT molecular complexity index is 1000. The molecular formula is C21H17ClN2O2S2. The number of hydrogen-bond donors (Lipinski definition) is 1. The number of anilines is 1.